The van der Waals surface area contributed by atoms with E-state index in [2.05, 4.69) is 16.9 Å². The number of nitrogens with zero attached hydrogens (tertiary/aromatic N) is 5. The number of carbonyl (C=O) groups excluding carboxylic acids is 1. The number of carbonyl (C=O) groups is 1. The second-order valence-electron chi connectivity index (χ2n) is 8.43. The van der Waals surface area contributed by atoms with Gasteiger partial charge in [-0.3, -0.25) is 14.3 Å². The summed E-state index contributed by atoms with van der Waals surface area (Å²) in [5.41, 5.74) is -0.104. The number of hydrogen-bond donors (Lipinski definition) is 0. The first-order chi connectivity index (χ1) is 15.2. The Labute approximate surface area is 183 Å². The Balaban J connectivity index is 1.30. The van der Waals surface area contributed by atoms with Crippen LogP contribution in [-0.2, 0) is 24.3 Å². The number of ether oxygens (including phenoxy) is 1. The fourth-order valence-corrected chi connectivity index (χ4v) is 4.55. The summed E-state index contributed by atoms with van der Waals surface area (Å²) < 4.78 is 8.94. The maximum atomic E-state index is 13.0. The lowest BCUT2D eigenvalue weighted by molar-refractivity contribution is -0.137. The number of amides is 1. The molecule has 1 fully saturated rings. The standard InChI is InChI=1S/C23H33N5O3/c1-2-11-25-13-15-26(16-14-25)22(29)19-8-9-21-24-28(23(30)27(21)12-10-19)17-18-31-20-6-4-3-5-7-20/h3-7,19H,2,8-18H2,1H3. The summed E-state index contributed by atoms with van der Waals surface area (Å²) in [6.45, 7) is 8.21. The van der Waals surface area contributed by atoms with Crippen LogP contribution in [0.3, 0.4) is 0 Å². The molecule has 1 aromatic heterocycles. The van der Waals surface area contributed by atoms with E-state index >= 15 is 0 Å². The van der Waals surface area contributed by atoms with Gasteiger partial charge in [0.1, 0.15) is 18.2 Å². The molecule has 0 aliphatic carbocycles. The van der Waals surface area contributed by atoms with Gasteiger partial charge in [-0.15, -0.1) is 0 Å². The third-order valence-electron chi connectivity index (χ3n) is 6.31. The molecule has 1 amide bonds. The van der Waals surface area contributed by atoms with Crippen LogP contribution < -0.4 is 10.4 Å². The molecule has 1 atom stereocenters. The highest BCUT2D eigenvalue weighted by Gasteiger charge is 2.30. The lowest BCUT2D eigenvalue weighted by Crippen LogP contribution is -2.50. The van der Waals surface area contributed by atoms with Crippen LogP contribution in [0.5, 0.6) is 5.75 Å². The van der Waals surface area contributed by atoms with Crippen LogP contribution >= 0.6 is 0 Å². The fourth-order valence-electron chi connectivity index (χ4n) is 4.55. The Hall–Kier alpha value is -2.61. The second kappa shape index (κ2) is 10.1. The molecule has 2 aliphatic rings. The molecule has 1 aromatic carbocycles. The minimum Gasteiger partial charge on any atom is -0.492 e. The van der Waals surface area contributed by atoms with Gasteiger partial charge in [-0.1, -0.05) is 25.1 Å². The van der Waals surface area contributed by atoms with Crippen LogP contribution in [0.1, 0.15) is 32.0 Å². The van der Waals surface area contributed by atoms with Gasteiger partial charge in [-0.05, 0) is 37.9 Å². The maximum absolute atomic E-state index is 13.0. The number of hydrogen-bond acceptors (Lipinski definition) is 5. The number of rotatable bonds is 7. The average Bonchev–Trinajstić information content (AvgIpc) is 2.96. The quantitative estimate of drug-likeness (QED) is 0.672. The number of para-hydroxylation sites is 1. The molecule has 3 heterocycles. The monoisotopic (exact) mass is 427 g/mol. The molecule has 0 bridgehead atoms. The molecule has 1 saturated heterocycles. The third-order valence-corrected chi connectivity index (χ3v) is 6.31. The van der Waals surface area contributed by atoms with Crippen molar-refractivity contribution in [3.05, 3.63) is 46.6 Å². The highest BCUT2D eigenvalue weighted by molar-refractivity contribution is 5.79. The summed E-state index contributed by atoms with van der Waals surface area (Å²) in [7, 11) is 0. The SMILES string of the molecule is CCCN1CCN(C(=O)C2CCc3nn(CCOc4ccccc4)c(=O)n3CC2)CC1. The summed E-state index contributed by atoms with van der Waals surface area (Å²) >= 11 is 0. The predicted octanol–water partition coefficient (Wildman–Crippen LogP) is 1.63. The van der Waals surface area contributed by atoms with E-state index in [0.29, 0.717) is 32.5 Å². The minimum absolute atomic E-state index is 0.0197. The van der Waals surface area contributed by atoms with Crippen LogP contribution in [-0.4, -0.2) is 69.4 Å². The number of fused-ring (bicyclic) bond motifs is 1. The van der Waals surface area contributed by atoms with Gasteiger partial charge in [-0.25, -0.2) is 9.48 Å². The largest absolute Gasteiger partial charge is 0.492 e. The van der Waals surface area contributed by atoms with Gasteiger partial charge >= 0.3 is 5.69 Å². The first-order valence-corrected chi connectivity index (χ1v) is 11.5. The summed E-state index contributed by atoms with van der Waals surface area (Å²) in [5, 5.41) is 4.53. The van der Waals surface area contributed by atoms with E-state index in [1.54, 1.807) is 4.57 Å². The zero-order valence-corrected chi connectivity index (χ0v) is 18.4. The molecule has 2 aliphatic heterocycles. The van der Waals surface area contributed by atoms with E-state index in [0.717, 1.165) is 57.1 Å². The fraction of sp³-hybridized carbons (Fsp3) is 0.609. The number of aromatic nitrogens is 3. The molecule has 8 heteroatoms. The molecule has 2 aromatic rings. The van der Waals surface area contributed by atoms with E-state index in [-0.39, 0.29) is 17.5 Å². The van der Waals surface area contributed by atoms with Crippen molar-refractivity contribution in [3.63, 3.8) is 0 Å². The van der Waals surface area contributed by atoms with Crippen molar-refractivity contribution in [1.29, 1.82) is 0 Å². The molecule has 4 rings (SSSR count). The lowest BCUT2D eigenvalue weighted by atomic mass is 9.98. The molecule has 31 heavy (non-hydrogen) atoms. The smallest absolute Gasteiger partial charge is 0.346 e. The van der Waals surface area contributed by atoms with E-state index in [4.69, 9.17) is 4.74 Å². The van der Waals surface area contributed by atoms with Crippen molar-refractivity contribution in [2.75, 3.05) is 39.3 Å². The van der Waals surface area contributed by atoms with Crippen LogP contribution in [0.4, 0.5) is 0 Å². The van der Waals surface area contributed by atoms with Crippen molar-refractivity contribution >= 4 is 5.91 Å². The van der Waals surface area contributed by atoms with Gasteiger partial charge < -0.3 is 9.64 Å². The minimum atomic E-state index is -0.104. The Morgan fingerprint density at radius 3 is 2.58 bits per heavy atom. The van der Waals surface area contributed by atoms with Gasteiger partial charge in [0.15, 0.2) is 0 Å². The van der Waals surface area contributed by atoms with E-state index < -0.39 is 0 Å². The van der Waals surface area contributed by atoms with E-state index in [9.17, 15) is 9.59 Å². The van der Waals surface area contributed by atoms with Crippen molar-refractivity contribution in [2.24, 2.45) is 5.92 Å². The Morgan fingerprint density at radius 1 is 1.06 bits per heavy atom. The normalized spacial score (nSPS) is 19.6. The van der Waals surface area contributed by atoms with Crippen LogP contribution in [0, 0.1) is 5.92 Å². The first kappa shape index (κ1) is 21.6. The van der Waals surface area contributed by atoms with Gasteiger partial charge in [0.2, 0.25) is 5.91 Å². The van der Waals surface area contributed by atoms with Gasteiger partial charge in [-0.2, -0.15) is 5.10 Å². The molecule has 0 spiro atoms. The molecular formula is C23H33N5O3. The van der Waals surface area contributed by atoms with E-state index in [1.165, 1.54) is 4.68 Å². The van der Waals surface area contributed by atoms with Crippen LogP contribution in [0.15, 0.2) is 35.1 Å². The van der Waals surface area contributed by atoms with Crippen molar-refractivity contribution < 1.29 is 9.53 Å². The number of piperazine rings is 1. The molecular weight excluding hydrogens is 394 g/mol. The molecule has 0 radical (unpaired) electrons. The van der Waals surface area contributed by atoms with Crippen LogP contribution in [0.25, 0.3) is 0 Å². The first-order valence-electron chi connectivity index (χ1n) is 11.5. The number of aryl methyl sites for hydroxylation is 1. The van der Waals surface area contributed by atoms with Crippen LogP contribution in [0.2, 0.25) is 0 Å². The van der Waals surface area contributed by atoms with E-state index in [1.807, 2.05) is 35.2 Å². The predicted molar refractivity (Wildman–Crippen MR) is 118 cm³/mol. The average molecular weight is 428 g/mol. The molecule has 0 saturated carbocycles. The van der Waals surface area contributed by atoms with Crippen molar-refractivity contribution in [1.82, 2.24) is 24.1 Å². The molecule has 0 N–H and O–H groups in total. The lowest BCUT2D eigenvalue weighted by Gasteiger charge is -2.36. The maximum Gasteiger partial charge on any atom is 0.346 e. The van der Waals surface area contributed by atoms with Gasteiger partial charge in [0.25, 0.3) is 0 Å². The second-order valence-corrected chi connectivity index (χ2v) is 8.43. The Kier molecular flexibility index (Phi) is 7.06. The Bertz CT molecular complexity index is 915. The van der Waals surface area contributed by atoms with Gasteiger partial charge in [0.05, 0.1) is 6.54 Å². The van der Waals surface area contributed by atoms with Gasteiger partial charge in [0, 0.05) is 45.1 Å². The van der Waals surface area contributed by atoms with Crippen molar-refractivity contribution in [3.8, 4) is 5.75 Å². The Morgan fingerprint density at radius 2 is 1.84 bits per heavy atom. The summed E-state index contributed by atoms with van der Waals surface area (Å²) in [4.78, 5) is 30.3. The zero-order valence-electron chi connectivity index (χ0n) is 18.4. The summed E-state index contributed by atoms with van der Waals surface area (Å²) in [6.07, 6.45) is 3.27. The molecule has 8 nitrogen and oxygen atoms in total. The highest BCUT2D eigenvalue weighted by Crippen LogP contribution is 2.21. The zero-order chi connectivity index (χ0) is 21.6. The molecule has 168 valence electrons. The summed E-state index contributed by atoms with van der Waals surface area (Å²) in [6, 6.07) is 9.57. The topological polar surface area (TPSA) is 72.6 Å². The third kappa shape index (κ3) is 5.18. The number of benzene rings is 1. The summed E-state index contributed by atoms with van der Waals surface area (Å²) in [5.74, 6) is 1.80. The highest BCUT2D eigenvalue weighted by atomic mass is 16.5. The molecule has 1 unspecified atom stereocenters. The van der Waals surface area contributed by atoms with Crippen molar-refractivity contribution in [2.45, 2.75) is 45.7 Å².